The highest BCUT2D eigenvalue weighted by Gasteiger charge is 2.37. The molecule has 0 radical (unpaired) electrons. The van der Waals surface area contributed by atoms with Gasteiger partial charge in [0.2, 0.25) is 0 Å². The minimum atomic E-state index is -0.0511. The molecule has 2 aromatic rings. The van der Waals surface area contributed by atoms with Crippen LogP contribution in [0.4, 0.5) is 4.79 Å². The molecule has 1 atom stereocenters. The molecule has 24 heavy (non-hydrogen) atoms. The molecule has 0 bridgehead atoms. The van der Waals surface area contributed by atoms with Crippen LogP contribution in [0.2, 0.25) is 0 Å². The summed E-state index contributed by atoms with van der Waals surface area (Å²) in [6, 6.07) is 4.03. The number of nitrogens with one attached hydrogen (secondary N) is 1. The van der Waals surface area contributed by atoms with Gasteiger partial charge in [-0.1, -0.05) is 0 Å². The number of urea groups is 1. The Bertz CT molecular complexity index is 705. The first-order valence-electron chi connectivity index (χ1n) is 8.74. The van der Waals surface area contributed by atoms with E-state index in [4.69, 9.17) is 4.42 Å². The van der Waals surface area contributed by atoms with Gasteiger partial charge in [0.25, 0.3) is 0 Å². The van der Waals surface area contributed by atoms with Gasteiger partial charge in [0.05, 0.1) is 12.3 Å². The highest BCUT2D eigenvalue weighted by Crippen LogP contribution is 2.34. The summed E-state index contributed by atoms with van der Waals surface area (Å²) in [4.78, 5) is 14.6. The van der Waals surface area contributed by atoms with Gasteiger partial charge in [0, 0.05) is 32.0 Å². The van der Waals surface area contributed by atoms with E-state index in [1.165, 1.54) is 0 Å². The molecule has 2 aromatic heterocycles. The Hall–Kier alpha value is -2.31. The summed E-state index contributed by atoms with van der Waals surface area (Å²) in [5, 5.41) is 11.5. The summed E-state index contributed by atoms with van der Waals surface area (Å²) in [5.41, 5.74) is 0. The maximum atomic E-state index is 12.7. The molecule has 1 saturated carbocycles. The van der Waals surface area contributed by atoms with Crippen molar-refractivity contribution in [2.75, 3.05) is 6.54 Å². The Balaban J connectivity index is 1.35. The van der Waals surface area contributed by atoms with Crippen LogP contribution in [0.5, 0.6) is 0 Å². The van der Waals surface area contributed by atoms with Crippen molar-refractivity contribution in [1.29, 1.82) is 0 Å². The lowest BCUT2D eigenvalue weighted by molar-refractivity contribution is 0.166. The lowest BCUT2D eigenvalue weighted by atomic mass is 10.2. The van der Waals surface area contributed by atoms with Crippen molar-refractivity contribution in [2.45, 2.75) is 57.7 Å². The molecule has 3 heterocycles. The largest absolute Gasteiger partial charge is 0.467 e. The highest BCUT2D eigenvalue weighted by molar-refractivity contribution is 5.75. The molecule has 2 amide bonds. The molecule has 128 valence electrons. The number of nitrogens with zero attached hydrogens (tertiary/aromatic N) is 4. The van der Waals surface area contributed by atoms with Crippen molar-refractivity contribution >= 4 is 6.03 Å². The van der Waals surface area contributed by atoms with E-state index in [0.717, 1.165) is 49.6 Å². The number of fused-ring (bicyclic) bond motifs is 1. The lowest BCUT2D eigenvalue weighted by Crippen LogP contribution is -2.43. The Morgan fingerprint density at radius 2 is 2.38 bits per heavy atom. The Morgan fingerprint density at radius 1 is 1.50 bits per heavy atom. The van der Waals surface area contributed by atoms with E-state index in [2.05, 4.69) is 20.1 Å². The van der Waals surface area contributed by atoms with E-state index in [1.54, 1.807) is 6.26 Å². The molecule has 1 unspecified atom stereocenters. The molecule has 7 heteroatoms. The van der Waals surface area contributed by atoms with Crippen LogP contribution in [0.25, 0.3) is 0 Å². The van der Waals surface area contributed by atoms with Crippen LogP contribution in [0.3, 0.4) is 0 Å². The zero-order chi connectivity index (χ0) is 16.5. The van der Waals surface area contributed by atoms with E-state index in [9.17, 15) is 4.79 Å². The third-order valence-corrected chi connectivity index (χ3v) is 4.86. The topological polar surface area (TPSA) is 76.2 Å². The second-order valence-electron chi connectivity index (χ2n) is 6.60. The number of amides is 2. The smallest absolute Gasteiger partial charge is 0.318 e. The second-order valence-corrected chi connectivity index (χ2v) is 6.60. The van der Waals surface area contributed by atoms with Crippen molar-refractivity contribution in [3.63, 3.8) is 0 Å². The molecule has 2 aliphatic rings. The quantitative estimate of drug-likeness (QED) is 0.882. The van der Waals surface area contributed by atoms with Crippen molar-refractivity contribution in [3.8, 4) is 0 Å². The number of rotatable bonds is 6. The third-order valence-electron chi connectivity index (χ3n) is 4.86. The fourth-order valence-electron chi connectivity index (χ4n) is 3.44. The molecule has 1 fully saturated rings. The van der Waals surface area contributed by atoms with Gasteiger partial charge in [-0.25, -0.2) is 4.79 Å². The van der Waals surface area contributed by atoms with Gasteiger partial charge < -0.3 is 19.2 Å². The molecule has 4 rings (SSSR count). The van der Waals surface area contributed by atoms with Crippen molar-refractivity contribution in [1.82, 2.24) is 25.0 Å². The van der Waals surface area contributed by atoms with E-state index < -0.39 is 0 Å². The third kappa shape index (κ3) is 2.90. The molecule has 0 aromatic carbocycles. The van der Waals surface area contributed by atoms with E-state index in [0.29, 0.717) is 19.0 Å². The van der Waals surface area contributed by atoms with Gasteiger partial charge in [-0.3, -0.25) is 0 Å². The standard InChI is InChI=1S/C17H23N5O2/c1-12(14-4-3-11-24-14)22(13-6-7-13)17(23)18-9-8-16-20-19-15-5-2-10-21(15)16/h3-4,11-13H,2,5-10H2,1H3,(H,18,23). The summed E-state index contributed by atoms with van der Waals surface area (Å²) in [6.07, 6.45) is 6.65. The number of aromatic nitrogens is 3. The molecule has 7 nitrogen and oxygen atoms in total. The molecule has 0 saturated heterocycles. The van der Waals surface area contributed by atoms with Gasteiger partial charge in [0.15, 0.2) is 0 Å². The normalized spacial score (nSPS) is 17.5. The maximum absolute atomic E-state index is 12.7. The Morgan fingerprint density at radius 3 is 3.12 bits per heavy atom. The summed E-state index contributed by atoms with van der Waals surface area (Å²) in [5.74, 6) is 2.87. The van der Waals surface area contributed by atoms with E-state index in [1.807, 2.05) is 24.0 Å². The Kier molecular flexibility index (Phi) is 4.00. The second kappa shape index (κ2) is 6.30. The SMILES string of the molecule is CC(c1ccco1)N(C(=O)NCCc1nnc2n1CCC2)C1CC1. The number of hydrogen-bond acceptors (Lipinski definition) is 4. The first kappa shape index (κ1) is 15.2. The van der Waals surface area contributed by atoms with Crippen LogP contribution in [0, 0.1) is 0 Å². The molecule has 1 aliphatic carbocycles. The Labute approximate surface area is 141 Å². The number of furan rings is 1. The van der Waals surface area contributed by atoms with E-state index in [-0.39, 0.29) is 12.1 Å². The average Bonchev–Trinajstić information content (AvgIpc) is 3.00. The molecule has 1 N–H and O–H groups in total. The first-order valence-corrected chi connectivity index (χ1v) is 8.74. The minimum absolute atomic E-state index is 0.0254. The first-order chi connectivity index (χ1) is 11.7. The van der Waals surface area contributed by atoms with Crippen molar-refractivity contribution in [3.05, 3.63) is 35.8 Å². The number of carbonyl (C=O) groups excluding carboxylic acids is 1. The van der Waals surface area contributed by atoms with Gasteiger partial charge in [-0.05, 0) is 38.3 Å². The fourth-order valence-corrected chi connectivity index (χ4v) is 3.44. The van der Waals surface area contributed by atoms with Crippen LogP contribution in [0.1, 0.15) is 49.6 Å². The molecular weight excluding hydrogens is 306 g/mol. The van der Waals surface area contributed by atoms with Gasteiger partial charge >= 0.3 is 6.03 Å². The summed E-state index contributed by atoms with van der Waals surface area (Å²) in [7, 11) is 0. The summed E-state index contributed by atoms with van der Waals surface area (Å²) in [6.45, 7) is 3.59. The van der Waals surface area contributed by atoms with Crippen LogP contribution < -0.4 is 5.32 Å². The van der Waals surface area contributed by atoms with Crippen LogP contribution in [-0.2, 0) is 19.4 Å². The van der Waals surface area contributed by atoms with Crippen molar-refractivity contribution < 1.29 is 9.21 Å². The number of carbonyl (C=O) groups is 1. The maximum Gasteiger partial charge on any atom is 0.318 e. The lowest BCUT2D eigenvalue weighted by Gasteiger charge is -2.28. The van der Waals surface area contributed by atoms with Crippen LogP contribution >= 0.6 is 0 Å². The van der Waals surface area contributed by atoms with Crippen LogP contribution in [0.15, 0.2) is 22.8 Å². The highest BCUT2D eigenvalue weighted by atomic mass is 16.3. The fraction of sp³-hybridized carbons (Fsp3) is 0.588. The zero-order valence-electron chi connectivity index (χ0n) is 13.9. The van der Waals surface area contributed by atoms with E-state index >= 15 is 0 Å². The predicted octanol–water partition coefficient (Wildman–Crippen LogP) is 2.30. The molecule has 1 aliphatic heterocycles. The predicted molar refractivity (Wildman–Crippen MR) is 87.4 cm³/mol. The minimum Gasteiger partial charge on any atom is -0.467 e. The van der Waals surface area contributed by atoms with Gasteiger partial charge in [-0.2, -0.15) is 0 Å². The van der Waals surface area contributed by atoms with Crippen molar-refractivity contribution in [2.24, 2.45) is 0 Å². The van der Waals surface area contributed by atoms with Gasteiger partial charge in [0.1, 0.15) is 17.4 Å². The number of aryl methyl sites for hydroxylation is 1. The monoisotopic (exact) mass is 329 g/mol. The van der Waals surface area contributed by atoms with Gasteiger partial charge in [-0.15, -0.1) is 10.2 Å². The summed E-state index contributed by atoms with van der Waals surface area (Å²) >= 11 is 0. The number of hydrogen-bond donors (Lipinski definition) is 1. The summed E-state index contributed by atoms with van der Waals surface area (Å²) < 4.78 is 7.65. The average molecular weight is 329 g/mol. The molecular formula is C17H23N5O2. The zero-order valence-corrected chi connectivity index (χ0v) is 13.9. The van der Waals surface area contributed by atoms with Crippen LogP contribution in [-0.4, -0.2) is 38.3 Å². The molecule has 0 spiro atoms.